The van der Waals surface area contributed by atoms with Crippen molar-refractivity contribution in [2.45, 2.75) is 26.6 Å². The molecule has 3 rings (SSSR count). The second kappa shape index (κ2) is 10.6. The molecule has 182 valence electrons. The number of methoxy groups -OCH3 is 2. The first-order valence-corrected chi connectivity index (χ1v) is 14.2. The van der Waals surface area contributed by atoms with Crippen LogP contribution in [0.3, 0.4) is 0 Å². The molecule has 2 aromatic heterocycles. The van der Waals surface area contributed by atoms with Gasteiger partial charge in [0.15, 0.2) is 11.4 Å². The molecule has 0 saturated heterocycles. The highest BCUT2D eigenvalue weighted by atomic mass is 28.3. The van der Waals surface area contributed by atoms with Crippen LogP contribution < -0.4 is 30.0 Å². The summed E-state index contributed by atoms with van der Waals surface area (Å²) in [5.41, 5.74) is 1.10. The maximum Gasteiger partial charge on any atom is 0.291 e. The third kappa shape index (κ3) is 5.86. The molecule has 0 fully saturated rings. The number of amides is 1. The second-order valence-corrected chi connectivity index (χ2v) is 13.6. The summed E-state index contributed by atoms with van der Waals surface area (Å²) in [5.74, 6) is 0.707. The van der Waals surface area contributed by atoms with E-state index in [-0.39, 0.29) is 48.3 Å². The smallest absolute Gasteiger partial charge is 0.291 e. The van der Waals surface area contributed by atoms with Crippen molar-refractivity contribution in [1.82, 2.24) is 9.97 Å². The first kappa shape index (κ1) is 25.1. The van der Waals surface area contributed by atoms with E-state index in [4.69, 9.17) is 23.7 Å². The molecule has 0 saturated carbocycles. The normalized spacial score (nSPS) is 11.1. The summed E-state index contributed by atoms with van der Waals surface area (Å²) in [6.07, 6.45) is 0. The quantitative estimate of drug-likeness (QED) is 0.369. The van der Waals surface area contributed by atoms with E-state index in [9.17, 15) is 4.79 Å². The van der Waals surface area contributed by atoms with Gasteiger partial charge in [-0.25, -0.2) is 0 Å². The molecule has 0 aliphatic carbocycles. The van der Waals surface area contributed by atoms with Crippen molar-refractivity contribution in [1.29, 1.82) is 0 Å². The molecule has 0 bridgehead atoms. The molecule has 34 heavy (non-hydrogen) atoms. The Bertz CT molecular complexity index is 1130. The Hall–Kier alpha value is -3.57. The number of aliphatic hydroxyl groups excluding tert-OH is 1. The Morgan fingerprint density at radius 1 is 1.09 bits per heavy atom. The standard InChI is InChI=1S/C23H30N4O6Si/c1-14-7-8-15(34(4,5)6)13-17(14)33-18-10-9-16(32-18)20(29)25-19-21(30-2)26-23(24-11-12-28)27-22(19)31-3/h7-10,13,28H,11-12H2,1-6H3,(H,25,29)(H,24,26,27). The fraction of sp³-hybridized carbons (Fsp3) is 0.348. The van der Waals surface area contributed by atoms with Crippen molar-refractivity contribution >= 4 is 30.8 Å². The Labute approximate surface area is 199 Å². The van der Waals surface area contributed by atoms with E-state index >= 15 is 0 Å². The van der Waals surface area contributed by atoms with E-state index in [1.54, 1.807) is 6.07 Å². The number of nitrogens with zero attached hydrogens (tertiary/aromatic N) is 2. The lowest BCUT2D eigenvalue weighted by Gasteiger charge is -2.18. The Morgan fingerprint density at radius 2 is 1.76 bits per heavy atom. The summed E-state index contributed by atoms with van der Waals surface area (Å²) in [5, 5.41) is 15.7. The molecule has 0 spiro atoms. The van der Waals surface area contributed by atoms with Crippen molar-refractivity contribution in [3.05, 3.63) is 41.7 Å². The minimum absolute atomic E-state index is 0.0283. The third-order valence-corrected chi connectivity index (χ3v) is 6.98. The number of ether oxygens (including phenoxy) is 3. The van der Waals surface area contributed by atoms with Gasteiger partial charge >= 0.3 is 0 Å². The van der Waals surface area contributed by atoms with Crippen molar-refractivity contribution in [2.75, 3.05) is 38.0 Å². The van der Waals surface area contributed by atoms with E-state index < -0.39 is 14.0 Å². The fourth-order valence-electron chi connectivity index (χ4n) is 3.03. The van der Waals surface area contributed by atoms with Crippen LogP contribution in [0, 0.1) is 6.92 Å². The van der Waals surface area contributed by atoms with E-state index in [1.165, 1.54) is 25.5 Å². The summed E-state index contributed by atoms with van der Waals surface area (Å²) >= 11 is 0. The van der Waals surface area contributed by atoms with Crippen LogP contribution in [0.2, 0.25) is 19.6 Å². The van der Waals surface area contributed by atoms with Crippen LogP contribution in [0.1, 0.15) is 16.1 Å². The number of carbonyl (C=O) groups is 1. The zero-order chi connectivity index (χ0) is 24.9. The van der Waals surface area contributed by atoms with Crippen LogP contribution in [-0.2, 0) is 0 Å². The highest BCUT2D eigenvalue weighted by molar-refractivity contribution is 6.88. The minimum atomic E-state index is -1.52. The number of furan rings is 1. The summed E-state index contributed by atoms with van der Waals surface area (Å²) in [7, 11) is 1.29. The lowest BCUT2D eigenvalue weighted by molar-refractivity contribution is 0.0990. The maximum absolute atomic E-state index is 12.9. The number of rotatable bonds is 10. The number of hydrogen-bond acceptors (Lipinski definition) is 9. The lowest BCUT2D eigenvalue weighted by Crippen LogP contribution is -2.37. The topological polar surface area (TPSA) is 128 Å². The molecule has 3 aromatic rings. The van der Waals surface area contributed by atoms with E-state index in [0.717, 1.165) is 5.56 Å². The zero-order valence-electron chi connectivity index (χ0n) is 20.2. The molecule has 10 nitrogen and oxygen atoms in total. The molecule has 0 radical (unpaired) electrons. The molecule has 1 amide bonds. The molecule has 1 aromatic carbocycles. The average molecular weight is 487 g/mol. The molecule has 2 heterocycles. The van der Waals surface area contributed by atoms with Gasteiger partial charge in [0.05, 0.1) is 28.9 Å². The van der Waals surface area contributed by atoms with Crippen LogP contribution in [0.4, 0.5) is 11.6 Å². The Kier molecular flexibility index (Phi) is 7.79. The number of carbonyl (C=O) groups excluding carboxylic acids is 1. The van der Waals surface area contributed by atoms with Crippen LogP contribution >= 0.6 is 0 Å². The molecule has 3 N–H and O–H groups in total. The molecule has 0 atom stereocenters. The lowest BCUT2D eigenvalue weighted by atomic mass is 10.2. The molecular formula is C23H30N4O6Si. The average Bonchev–Trinajstić information content (AvgIpc) is 3.27. The van der Waals surface area contributed by atoms with E-state index in [2.05, 4.69) is 46.3 Å². The van der Waals surface area contributed by atoms with Gasteiger partial charge in [-0.2, -0.15) is 9.97 Å². The van der Waals surface area contributed by atoms with Crippen molar-refractivity contribution < 1.29 is 28.5 Å². The van der Waals surface area contributed by atoms with Gasteiger partial charge in [0.2, 0.25) is 17.7 Å². The number of hydrogen-bond donors (Lipinski definition) is 3. The van der Waals surface area contributed by atoms with Gasteiger partial charge < -0.3 is 34.4 Å². The summed E-state index contributed by atoms with van der Waals surface area (Å²) < 4.78 is 22.1. The predicted molar refractivity (Wildman–Crippen MR) is 132 cm³/mol. The third-order valence-electron chi connectivity index (χ3n) is 4.93. The van der Waals surface area contributed by atoms with Gasteiger partial charge in [-0.3, -0.25) is 4.79 Å². The number of benzene rings is 1. The van der Waals surface area contributed by atoms with E-state index in [1.807, 2.05) is 19.1 Å². The van der Waals surface area contributed by atoms with Gasteiger partial charge in [-0.05, 0) is 24.6 Å². The summed E-state index contributed by atoms with van der Waals surface area (Å²) in [6, 6.07) is 9.28. The Balaban J connectivity index is 1.80. The molecule has 0 aliphatic heterocycles. The molecule has 11 heteroatoms. The second-order valence-electron chi connectivity index (χ2n) is 8.50. The zero-order valence-corrected chi connectivity index (χ0v) is 21.2. The highest BCUT2D eigenvalue weighted by Crippen LogP contribution is 2.33. The van der Waals surface area contributed by atoms with Crippen LogP contribution in [0.25, 0.3) is 0 Å². The van der Waals surface area contributed by atoms with Crippen LogP contribution in [-0.4, -0.2) is 56.4 Å². The fourth-order valence-corrected chi connectivity index (χ4v) is 4.17. The first-order chi connectivity index (χ1) is 16.2. The van der Waals surface area contributed by atoms with Gasteiger partial charge in [0.25, 0.3) is 11.9 Å². The summed E-state index contributed by atoms with van der Waals surface area (Å²) in [6.45, 7) is 8.89. The number of aromatic nitrogens is 2. The van der Waals surface area contributed by atoms with Crippen LogP contribution in [0.5, 0.6) is 23.5 Å². The summed E-state index contributed by atoms with van der Waals surface area (Å²) in [4.78, 5) is 21.2. The Morgan fingerprint density at radius 3 is 2.35 bits per heavy atom. The first-order valence-electron chi connectivity index (χ1n) is 10.7. The largest absolute Gasteiger partial charge is 0.479 e. The SMILES string of the molecule is COc1nc(NCCO)nc(OC)c1NC(=O)c1ccc(Oc2cc([Si](C)(C)C)ccc2C)o1. The monoisotopic (exact) mass is 486 g/mol. The van der Waals surface area contributed by atoms with Crippen molar-refractivity contribution in [2.24, 2.45) is 0 Å². The van der Waals surface area contributed by atoms with Crippen LogP contribution in [0.15, 0.2) is 34.7 Å². The highest BCUT2D eigenvalue weighted by Gasteiger charge is 2.22. The molecular weight excluding hydrogens is 456 g/mol. The van der Waals surface area contributed by atoms with E-state index in [0.29, 0.717) is 5.75 Å². The van der Waals surface area contributed by atoms with Gasteiger partial charge in [-0.15, -0.1) is 0 Å². The molecule has 0 unspecified atom stereocenters. The van der Waals surface area contributed by atoms with Gasteiger partial charge in [0, 0.05) is 12.6 Å². The van der Waals surface area contributed by atoms with Gasteiger partial charge in [-0.1, -0.05) is 37.0 Å². The maximum atomic E-state index is 12.9. The minimum Gasteiger partial charge on any atom is -0.479 e. The number of nitrogens with one attached hydrogen (secondary N) is 2. The van der Waals surface area contributed by atoms with Crippen molar-refractivity contribution in [3.63, 3.8) is 0 Å². The molecule has 0 aliphatic rings. The predicted octanol–water partition coefficient (Wildman–Crippen LogP) is 3.39. The number of aryl methyl sites for hydroxylation is 1. The van der Waals surface area contributed by atoms with Crippen molar-refractivity contribution in [3.8, 4) is 23.5 Å². The van der Waals surface area contributed by atoms with Gasteiger partial charge in [0.1, 0.15) is 5.75 Å². The number of aliphatic hydroxyl groups is 1. The number of anilines is 2.